The van der Waals surface area contributed by atoms with Gasteiger partial charge in [0.05, 0.1) is 11.1 Å². The molecule has 0 aliphatic carbocycles. The molecular formula is C13H16BrNO. The number of hydrogen-bond acceptors (Lipinski definition) is 2. The van der Waals surface area contributed by atoms with Crippen LogP contribution in [0.3, 0.4) is 0 Å². The van der Waals surface area contributed by atoms with E-state index in [0.717, 1.165) is 29.8 Å². The van der Waals surface area contributed by atoms with Gasteiger partial charge >= 0.3 is 0 Å². The van der Waals surface area contributed by atoms with Gasteiger partial charge in [0.25, 0.3) is 0 Å². The van der Waals surface area contributed by atoms with Crippen molar-refractivity contribution in [3.05, 3.63) is 27.7 Å². The van der Waals surface area contributed by atoms with Gasteiger partial charge in [-0.1, -0.05) is 6.07 Å². The molecule has 0 aromatic heterocycles. The lowest BCUT2D eigenvalue weighted by molar-refractivity contribution is 0.331. The van der Waals surface area contributed by atoms with Gasteiger partial charge in [0.1, 0.15) is 5.75 Å². The monoisotopic (exact) mass is 281 g/mol. The van der Waals surface area contributed by atoms with E-state index in [1.54, 1.807) is 0 Å². The molecule has 0 spiro atoms. The molecule has 0 saturated carbocycles. The third kappa shape index (κ3) is 1.98. The third-order valence-electron chi connectivity index (χ3n) is 3.40. The summed E-state index contributed by atoms with van der Waals surface area (Å²) in [4.78, 5) is 2.53. The number of ether oxygens (including phenoxy) is 1. The maximum atomic E-state index is 5.59. The summed E-state index contributed by atoms with van der Waals surface area (Å²) in [5.41, 5.74) is 2.78. The fourth-order valence-corrected chi connectivity index (χ4v) is 3.28. The van der Waals surface area contributed by atoms with E-state index in [1.807, 2.05) is 0 Å². The molecular weight excluding hydrogens is 266 g/mol. The van der Waals surface area contributed by atoms with Crippen LogP contribution in [0.4, 0.5) is 0 Å². The van der Waals surface area contributed by atoms with E-state index >= 15 is 0 Å². The van der Waals surface area contributed by atoms with Gasteiger partial charge in [-0.2, -0.15) is 0 Å². The number of nitrogens with zero attached hydrogens (tertiary/aromatic N) is 1. The van der Waals surface area contributed by atoms with E-state index in [2.05, 4.69) is 33.0 Å². The molecule has 2 aliphatic heterocycles. The van der Waals surface area contributed by atoms with Crippen LogP contribution in [-0.4, -0.2) is 24.6 Å². The van der Waals surface area contributed by atoms with Crippen LogP contribution in [0.2, 0.25) is 0 Å². The normalized spacial score (nSPS) is 19.8. The molecule has 86 valence electrons. The van der Waals surface area contributed by atoms with Crippen LogP contribution in [0, 0.1) is 0 Å². The summed E-state index contributed by atoms with van der Waals surface area (Å²) in [5.74, 6) is 1.06. The largest absolute Gasteiger partial charge is 0.492 e. The summed E-state index contributed by atoms with van der Waals surface area (Å²) in [6.07, 6.45) is 3.77. The van der Waals surface area contributed by atoms with E-state index in [0.29, 0.717) is 0 Å². The molecule has 0 unspecified atom stereocenters. The van der Waals surface area contributed by atoms with E-state index in [1.165, 1.54) is 37.1 Å². The number of benzene rings is 1. The SMILES string of the molecule is Brc1cc(CN2CCCC2)cc2c1OCC2. The Balaban J connectivity index is 1.82. The fourth-order valence-electron chi connectivity index (χ4n) is 2.61. The van der Waals surface area contributed by atoms with E-state index in [9.17, 15) is 0 Å². The molecule has 3 rings (SSSR count). The molecule has 1 saturated heterocycles. The molecule has 1 aromatic carbocycles. The van der Waals surface area contributed by atoms with Crippen molar-refractivity contribution in [2.24, 2.45) is 0 Å². The highest BCUT2D eigenvalue weighted by atomic mass is 79.9. The van der Waals surface area contributed by atoms with Gasteiger partial charge in [-0.25, -0.2) is 0 Å². The number of rotatable bonds is 2. The standard InChI is InChI=1S/C13H16BrNO/c14-12-8-10(9-15-4-1-2-5-15)7-11-3-6-16-13(11)12/h7-8H,1-6,9H2. The van der Waals surface area contributed by atoms with Crippen LogP contribution >= 0.6 is 15.9 Å². The number of hydrogen-bond donors (Lipinski definition) is 0. The predicted molar refractivity (Wildman–Crippen MR) is 67.9 cm³/mol. The van der Waals surface area contributed by atoms with Crippen LogP contribution in [0.15, 0.2) is 16.6 Å². The highest BCUT2D eigenvalue weighted by Gasteiger charge is 2.18. The highest BCUT2D eigenvalue weighted by molar-refractivity contribution is 9.10. The molecule has 3 heteroatoms. The smallest absolute Gasteiger partial charge is 0.136 e. The maximum Gasteiger partial charge on any atom is 0.136 e. The van der Waals surface area contributed by atoms with E-state index in [-0.39, 0.29) is 0 Å². The van der Waals surface area contributed by atoms with Crippen molar-refractivity contribution >= 4 is 15.9 Å². The zero-order valence-electron chi connectivity index (χ0n) is 9.34. The van der Waals surface area contributed by atoms with Crippen molar-refractivity contribution in [1.29, 1.82) is 0 Å². The summed E-state index contributed by atoms with van der Waals surface area (Å²) in [7, 11) is 0. The van der Waals surface area contributed by atoms with Crippen molar-refractivity contribution in [1.82, 2.24) is 4.90 Å². The zero-order chi connectivity index (χ0) is 11.0. The first-order valence-electron chi connectivity index (χ1n) is 5.99. The van der Waals surface area contributed by atoms with Gasteiger partial charge in [-0.05, 0) is 59.1 Å². The second-order valence-electron chi connectivity index (χ2n) is 4.65. The highest BCUT2D eigenvalue weighted by Crippen LogP contribution is 2.35. The quantitative estimate of drug-likeness (QED) is 0.827. The Bertz CT molecular complexity index is 399. The first kappa shape index (κ1) is 10.6. The minimum Gasteiger partial charge on any atom is -0.492 e. The fraction of sp³-hybridized carbons (Fsp3) is 0.538. The van der Waals surface area contributed by atoms with Gasteiger partial charge in [-0.3, -0.25) is 4.90 Å². The van der Waals surface area contributed by atoms with Gasteiger partial charge in [0.15, 0.2) is 0 Å². The lowest BCUT2D eigenvalue weighted by Crippen LogP contribution is -2.18. The van der Waals surface area contributed by atoms with Crippen LogP contribution < -0.4 is 4.74 Å². The van der Waals surface area contributed by atoms with Crippen LogP contribution in [0.25, 0.3) is 0 Å². The van der Waals surface area contributed by atoms with E-state index in [4.69, 9.17) is 4.74 Å². The first-order chi connectivity index (χ1) is 7.83. The molecule has 2 heterocycles. The molecule has 16 heavy (non-hydrogen) atoms. The van der Waals surface area contributed by atoms with Crippen molar-refractivity contribution in [2.45, 2.75) is 25.8 Å². The van der Waals surface area contributed by atoms with Crippen molar-refractivity contribution < 1.29 is 4.74 Å². The first-order valence-corrected chi connectivity index (χ1v) is 6.79. The average molecular weight is 282 g/mol. The second-order valence-corrected chi connectivity index (χ2v) is 5.50. The molecule has 0 amide bonds. The van der Waals surface area contributed by atoms with Crippen molar-refractivity contribution in [2.75, 3.05) is 19.7 Å². The minimum absolute atomic E-state index is 0.834. The van der Waals surface area contributed by atoms with Crippen LogP contribution in [0.5, 0.6) is 5.75 Å². The van der Waals surface area contributed by atoms with Crippen LogP contribution in [-0.2, 0) is 13.0 Å². The lowest BCUT2D eigenvalue weighted by atomic mass is 10.1. The molecule has 0 radical (unpaired) electrons. The van der Waals surface area contributed by atoms with Gasteiger partial charge in [0, 0.05) is 13.0 Å². The minimum atomic E-state index is 0.834. The summed E-state index contributed by atoms with van der Waals surface area (Å²) in [5, 5.41) is 0. The number of likely N-dealkylation sites (tertiary alicyclic amines) is 1. The van der Waals surface area contributed by atoms with Gasteiger partial charge in [-0.15, -0.1) is 0 Å². The Morgan fingerprint density at radius 3 is 2.88 bits per heavy atom. The second kappa shape index (κ2) is 4.38. The average Bonchev–Trinajstić information content (AvgIpc) is 2.87. The summed E-state index contributed by atoms with van der Waals surface area (Å²) in [6, 6.07) is 4.52. The number of fused-ring (bicyclic) bond motifs is 1. The summed E-state index contributed by atoms with van der Waals surface area (Å²) in [6.45, 7) is 4.43. The molecule has 0 atom stereocenters. The van der Waals surface area contributed by atoms with Crippen molar-refractivity contribution in [3.8, 4) is 5.75 Å². The zero-order valence-corrected chi connectivity index (χ0v) is 10.9. The third-order valence-corrected chi connectivity index (χ3v) is 3.99. The molecule has 2 nitrogen and oxygen atoms in total. The Hall–Kier alpha value is -0.540. The summed E-state index contributed by atoms with van der Waals surface area (Å²) < 4.78 is 6.72. The predicted octanol–water partition coefficient (Wildman–Crippen LogP) is 2.98. The molecule has 0 N–H and O–H groups in total. The molecule has 1 fully saturated rings. The van der Waals surface area contributed by atoms with E-state index < -0.39 is 0 Å². The maximum absolute atomic E-state index is 5.59. The Morgan fingerprint density at radius 1 is 1.25 bits per heavy atom. The van der Waals surface area contributed by atoms with Crippen molar-refractivity contribution in [3.63, 3.8) is 0 Å². The van der Waals surface area contributed by atoms with Gasteiger partial charge in [0.2, 0.25) is 0 Å². The number of halogens is 1. The Labute approximate surface area is 105 Å². The van der Waals surface area contributed by atoms with Crippen LogP contribution in [0.1, 0.15) is 24.0 Å². The summed E-state index contributed by atoms with van der Waals surface area (Å²) >= 11 is 3.60. The lowest BCUT2D eigenvalue weighted by Gasteiger charge is -2.15. The Morgan fingerprint density at radius 2 is 2.06 bits per heavy atom. The topological polar surface area (TPSA) is 12.5 Å². The molecule has 0 bridgehead atoms. The van der Waals surface area contributed by atoms with Gasteiger partial charge < -0.3 is 4.74 Å². The Kier molecular flexibility index (Phi) is 2.90. The molecule has 2 aliphatic rings. The molecule has 1 aromatic rings.